The summed E-state index contributed by atoms with van der Waals surface area (Å²) in [5, 5.41) is 0. The molecule has 0 bridgehead atoms. The van der Waals surface area contributed by atoms with Gasteiger partial charge in [-0.3, -0.25) is 0 Å². The van der Waals surface area contributed by atoms with Crippen LogP contribution in [0.25, 0.3) is 0 Å². The summed E-state index contributed by atoms with van der Waals surface area (Å²) in [5.41, 5.74) is 6.28. The molecule has 1 rings (SSSR count). The Morgan fingerprint density at radius 3 is 2.21 bits per heavy atom. The van der Waals surface area contributed by atoms with Gasteiger partial charge in [0.2, 0.25) is 0 Å². The summed E-state index contributed by atoms with van der Waals surface area (Å²) < 4.78 is 11.3. The Balaban J connectivity index is 2.37. The molecule has 0 aliphatic heterocycles. The van der Waals surface area contributed by atoms with Gasteiger partial charge in [-0.25, -0.2) is 0 Å². The van der Waals surface area contributed by atoms with E-state index in [1.807, 2.05) is 31.2 Å². The zero-order chi connectivity index (χ0) is 14.3. The van der Waals surface area contributed by atoms with Gasteiger partial charge in [-0.2, -0.15) is 0 Å². The zero-order valence-corrected chi connectivity index (χ0v) is 12.6. The number of nitrogens with two attached hydrogens (primary N) is 1. The first-order valence-corrected chi connectivity index (χ1v) is 7.05. The molecule has 0 fully saturated rings. The van der Waals surface area contributed by atoms with Crippen LogP contribution in [0.5, 0.6) is 11.5 Å². The Morgan fingerprint density at radius 2 is 1.68 bits per heavy atom. The van der Waals surface area contributed by atoms with Gasteiger partial charge in [0.1, 0.15) is 0 Å². The van der Waals surface area contributed by atoms with E-state index in [-0.39, 0.29) is 11.5 Å². The third-order valence-corrected chi connectivity index (χ3v) is 3.18. The Hall–Kier alpha value is -1.22. The Morgan fingerprint density at radius 1 is 1.11 bits per heavy atom. The van der Waals surface area contributed by atoms with Crippen molar-refractivity contribution in [2.24, 2.45) is 11.1 Å². The highest BCUT2D eigenvalue weighted by Crippen LogP contribution is 2.27. The molecule has 0 saturated carbocycles. The molecule has 0 aromatic heterocycles. The van der Waals surface area contributed by atoms with Crippen molar-refractivity contribution in [1.29, 1.82) is 0 Å². The number of hydrogen-bond donors (Lipinski definition) is 1. The Kier molecular flexibility index (Phi) is 6.16. The molecule has 0 amide bonds. The van der Waals surface area contributed by atoms with Gasteiger partial charge in [-0.05, 0) is 37.3 Å². The summed E-state index contributed by atoms with van der Waals surface area (Å²) in [6.45, 7) is 9.80. The smallest absolute Gasteiger partial charge is 0.161 e. The van der Waals surface area contributed by atoms with Crippen LogP contribution in [0.3, 0.4) is 0 Å². The molecule has 0 radical (unpaired) electrons. The van der Waals surface area contributed by atoms with Crippen molar-refractivity contribution < 1.29 is 9.47 Å². The van der Waals surface area contributed by atoms with Crippen LogP contribution in [0.4, 0.5) is 0 Å². The van der Waals surface area contributed by atoms with Crippen molar-refractivity contribution >= 4 is 0 Å². The van der Waals surface area contributed by atoms with Gasteiger partial charge in [0.15, 0.2) is 11.5 Å². The van der Waals surface area contributed by atoms with E-state index < -0.39 is 0 Å². The molecule has 19 heavy (non-hydrogen) atoms. The third-order valence-electron chi connectivity index (χ3n) is 3.18. The largest absolute Gasteiger partial charge is 0.490 e. The summed E-state index contributed by atoms with van der Waals surface area (Å²) in [6, 6.07) is 7.98. The fourth-order valence-corrected chi connectivity index (χ4v) is 1.76. The first-order chi connectivity index (χ1) is 8.95. The second-order valence-electron chi connectivity index (χ2n) is 5.84. The molecule has 1 aromatic rings. The molecule has 0 aliphatic rings. The van der Waals surface area contributed by atoms with Gasteiger partial charge in [0.05, 0.1) is 13.2 Å². The number of rotatable bonds is 7. The van der Waals surface area contributed by atoms with Crippen LogP contribution in [0.2, 0.25) is 0 Å². The van der Waals surface area contributed by atoms with Crippen molar-refractivity contribution in [3.63, 3.8) is 0 Å². The fraction of sp³-hybridized carbons (Fsp3) is 0.625. The predicted octanol–water partition coefficient (Wildman–Crippen LogP) is 3.62. The summed E-state index contributed by atoms with van der Waals surface area (Å²) in [4.78, 5) is 0. The minimum absolute atomic E-state index is 0.156. The molecular weight excluding hydrogens is 238 g/mol. The minimum atomic E-state index is 0.156. The lowest BCUT2D eigenvalue weighted by Crippen LogP contribution is -2.35. The molecule has 3 nitrogen and oxygen atoms in total. The SMILES string of the molecule is CCOc1ccccc1OCCCC(N)C(C)(C)C. The lowest BCUT2D eigenvalue weighted by Gasteiger charge is -2.26. The second-order valence-corrected chi connectivity index (χ2v) is 5.84. The number of hydrogen-bond acceptors (Lipinski definition) is 3. The van der Waals surface area contributed by atoms with Gasteiger partial charge >= 0.3 is 0 Å². The minimum Gasteiger partial charge on any atom is -0.490 e. The van der Waals surface area contributed by atoms with Crippen molar-refractivity contribution in [1.82, 2.24) is 0 Å². The average Bonchev–Trinajstić information content (AvgIpc) is 2.35. The van der Waals surface area contributed by atoms with Gasteiger partial charge in [0.25, 0.3) is 0 Å². The zero-order valence-electron chi connectivity index (χ0n) is 12.6. The fourth-order valence-electron chi connectivity index (χ4n) is 1.76. The van der Waals surface area contributed by atoms with E-state index in [1.165, 1.54) is 0 Å². The van der Waals surface area contributed by atoms with E-state index in [2.05, 4.69) is 20.8 Å². The highest BCUT2D eigenvalue weighted by atomic mass is 16.5. The number of para-hydroxylation sites is 2. The van der Waals surface area contributed by atoms with Crippen LogP contribution in [0.1, 0.15) is 40.5 Å². The van der Waals surface area contributed by atoms with E-state index in [4.69, 9.17) is 15.2 Å². The highest BCUT2D eigenvalue weighted by molar-refractivity contribution is 5.39. The summed E-state index contributed by atoms with van der Waals surface area (Å²) >= 11 is 0. The Labute approximate surface area is 117 Å². The van der Waals surface area contributed by atoms with Crippen LogP contribution >= 0.6 is 0 Å². The van der Waals surface area contributed by atoms with Crippen molar-refractivity contribution in [3.05, 3.63) is 24.3 Å². The van der Waals surface area contributed by atoms with Crippen molar-refractivity contribution in [3.8, 4) is 11.5 Å². The van der Waals surface area contributed by atoms with E-state index in [0.29, 0.717) is 13.2 Å². The topological polar surface area (TPSA) is 44.5 Å². The van der Waals surface area contributed by atoms with Crippen molar-refractivity contribution in [2.45, 2.75) is 46.6 Å². The Bertz CT molecular complexity index is 371. The normalized spacial score (nSPS) is 13.1. The van der Waals surface area contributed by atoms with Crippen molar-refractivity contribution in [2.75, 3.05) is 13.2 Å². The molecule has 1 unspecified atom stereocenters. The van der Waals surface area contributed by atoms with E-state index >= 15 is 0 Å². The predicted molar refractivity (Wildman–Crippen MR) is 79.8 cm³/mol. The standard InChI is InChI=1S/C16H27NO2/c1-5-18-13-9-6-7-10-14(13)19-12-8-11-15(17)16(2,3)4/h6-7,9-10,15H,5,8,11-12,17H2,1-4H3. The third kappa shape index (κ3) is 5.52. The molecule has 0 saturated heterocycles. The first-order valence-electron chi connectivity index (χ1n) is 7.05. The number of ether oxygens (including phenoxy) is 2. The van der Waals surface area contributed by atoms with Crippen LogP contribution < -0.4 is 15.2 Å². The highest BCUT2D eigenvalue weighted by Gasteiger charge is 2.19. The summed E-state index contributed by atoms with van der Waals surface area (Å²) in [7, 11) is 0. The average molecular weight is 265 g/mol. The summed E-state index contributed by atoms with van der Waals surface area (Å²) in [6.07, 6.45) is 1.93. The molecule has 0 spiro atoms. The van der Waals surface area contributed by atoms with Crippen LogP contribution in [-0.2, 0) is 0 Å². The maximum absolute atomic E-state index is 6.13. The molecule has 0 aliphatic carbocycles. The maximum atomic E-state index is 6.13. The van der Waals surface area contributed by atoms with Crippen LogP contribution in [-0.4, -0.2) is 19.3 Å². The molecule has 3 heteroatoms. The second kappa shape index (κ2) is 7.39. The molecule has 2 N–H and O–H groups in total. The molecule has 0 heterocycles. The lowest BCUT2D eigenvalue weighted by atomic mass is 9.85. The summed E-state index contributed by atoms with van der Waals surface area (Å²) in [5.74, 6) is 1.62. The van der Waals surface area contributed by atoms with Gasteiger partial charge in [-0.15, -0.1) is 0 Å². The van der Waals surface area contributed by atoms with E-state index in [1.54, 1.807) is 0 Å². The first kappa shape index (κ1) is 15.8. The van der Waals surface area contributed by atoms with E-state index in [9.17, 15) is 0 Å². The molecular formula is C16H27NO2. The lowest BCUT2D eigenvalue weighted by molar-refractivity contribution is 0.248. The van der Waals surface area contributed by atoms with E-state index in [0.717, 1.165) is 24.3 Å². The molecule has 1 atom stereocenters. The molecule has 108 valence electrons. The van der Waals surface area contributed by atoms with Gasteiger partial charge < -0.3 is 15.2 Å². The van der Waals surface area contributed by atoms with Crippen LogP contribution in [0.15, 0.2) is 24.3 Å². The monoisotopic (exact) mass is 265 g/mol. The van der Waals surface area contributed by atoms with Gasteiger partial charge in [-0.1, -0.05) is 32.9 Å². The number of benzene rings is 1. The van der Waals surface area contributed by atoms with Crippen LogP contribution in [0, 0.1) is 5.41 Å². The maximum Gasteiger partial charge on any atom is 0.161 e. The quantitative estimate of drug-likeness (QED) is 0.766. The molecule has 1 aromatic carbocycles. The van der Waals surface area contributed by atoms with Gasteiger partial charge in [0, 0.05) is 6.04 Å².